The number of rotatable bonds is 6. The Hall–Kier alpha value is -3.80. The minimum Gasteiger partial charge on any atom is -0.344 e. The van der Waals surface area contributed by atoms with Crippen LogP contribution in [0, 0.1) is 5.92 Å². The normalized spacial score (nSPS) is 18.9. The highest BCUT2D eigenvalue weighted by Crippen LogP contribution is 2.25. The lowest BCUT2D eigenvalue weighted by molar-refractivity contribution is -0.129. The van der Waals surface area contributed by atoms with Gasteiger partial charge in [0.2, 0.25) is 11.8 Å². The Labute approximate surface area is 238 Å². The molecule has 12 heteroatoms. The Bertz CT molecular complexity index is 1290. The smallest absolute Gasteiger partial charge is 0.255 e. The first-order valence-electron chi connectivity index (χ1n) is 13.5. The van der Waals surface area contributed by atoms with E-state index in [1.165, 1.54) is 12.4 Å². The molecule has 2 atom stereocenters. The summed E-state index contributed by atoms with van der Waals surface area (Å²) in [7, 11) is 0. The molecule has 2 aromatic heterocycles. The van der Waals surface area contributed by atoms with Crippen LogP contribution in [0.5, 0.6) is 0 Å². The van der Waals surface area contributed by atoms with Crippen molar-refractivity contribution in [3.8, 4) is 11.4 Å². The number of hydrogen-bond donors (Lipinski definition) is 2. The summed E-state index contributed by atoms with van der Waals surface area (Å²) in [5.74, 6) is 1.21. The SMILES string of the molecule is CSCC[C@@H]1NC(=O)CCCN(C(=O)c2ccnnc2)CCn2nc(-c3ccccc3)nc2[C@@H](C(C)C)NC1=O. The largest absolute Gasteiger partial charge is 0.344 e. The molecule has 0 radical (unpaired) electrons. The Kier molecular flexibility index (Phi) is 10.2. The first-order chi connectivity index (χ1) is 19.4. The molecule has 0 bridgehead atoms. The number of fused-ring (bicyclic) bond motifs is 1. The highest BCUT2D eigenvalue weighted by atomic mass is 32.2. The van der Waals surface area contributed by atoms with E-state index in [9.17, 15) is 14.4 Å². The zero-order valence-corrected chi connectivity index (χ0v) is 23.9. The zero-order valence-electron chi connectivity index (χ0n) is 23.1. The maximum Gasteiger partial charge on any atom is 0.255 e. The molecule has 0 fully saturated rings. The van der Waals surface area contributed by atoms with Gasteiger partial charge in [-0.1, -0.05) is 44.2 Å². The van der Waals surface area contributed by atoms with E-state index in [4.69, 9.17) is 10.1 Å². The van der Waals surface area contributed by atoms with Crippen molar-refractivity contribution in [2.45, 2.75) is 51.7 Å². The third kappa shape index (κ3) is 7.44. The molecular weight excluding hydrogens is 528 g/mol. The molecule has 1 aliphatic heterocycles. The van der Waals surface area contributed by atoms with Crippen LogP contribution in [0.4, 0.5) is 0 Å². The standard InChI is InChI=1S/C28H36N8O3S/c1-19(2)24-26-33-25(20-8-5-4-6-9-20)34-36(26)16-15-35(28(39)21-11-13-29-30-18-21)14-7-10-23(37)31-22(12-17-40-3)27(38)32-24/h4-6,8-9,11,13,18-19,22,24H,7,10,12,14-17H2,1-3H3,(H,31,37)(H,32,38)/t22-,24+/m0/s1. The van der Waals surface area contributed by atoms with Gasteiger partial charge in [-0.15, -0.1) is 0 Å². The van der Waals surface area contributed by atoms with Gasteiger partial charge in [-0.25, -0.2) is 9.67 Å². The summed E-state index contributed by atoms with van der Waals surface area (Å²) in [6.07, 6.45) is 6.04. The van der Waals surface area contributed by atoms with Gasteiger partial charge in [0.25, 0.3) is 5.91 Å². The number of thioether (sulfide) groups is 1. The number of nitrogens with zero attached hydrogens (tertiary/aromatic N) is 6. The van der Waals surface area contributed by atoms with Crippen molar-refractivity contribution in [3.05, 3.63) is 60.2 Å². The van der Waals surface area contributed by atoms with Gasteiger partial charge in [-0.2, -0.15) is 27.1 Å². The van der Waals surface area contributed by atoms with E-state index >= 15 is 0 Å². The topological polar surface area (TPSA) is 135 Å². The fourth-order valence-electron chi connectivity index (χ4n) is 4.57. The molecule has 212 valence electrons. The Morgan fingerprint density at radius 1 is 1.07 bits per heavy atom. The van der Waals surface area contributed by atoms with Crippen molar-refractivity contribution in [1.29, 1.82) is 0 Å². The molecule has 11 nitrogen and oxygen atoms in total. The second-order valence-electron chi connectivity index (χ2n) is 10.0. The average Bonchev–Trinajstić information content (AvgIpc) is 3.39. The van der Waals surface area contributed by atoms with Crippen LogP contribution in [0.2, 0.25) is 0 Å². The van der Waals surface area contributed by atoms with Crippen LogP contribution in [0.3, 0.4) is 0 Å². The van der Waals surface area contributed by atoms with Crippen molar-refractivity contribution in [3.63, 3.8) is 0 Å². The number of benzene rings is 1. The lowest BCUT2D eigenvalue weighted by Gasteiger charge is -2.28. The van der Waals surface area contributed by atoms with Gasteiger partial charge < -0.3 is 15.5 Å². The van der Waals surface area contributed by atoms with E-state index in [2.05, 4.69) is 20.8 Å². The van der Waals surface area contributed by atoms with E-state index in [0.29, 0.717) is 49.7 Å². The number of carbonyl (C=O) groups is 3. The van der Waals surface area contributed by atoms with Crippen LogP contribution >= 0.6 is 11.8 Å². The Balaban J connectivity index is 1.73. The Morgan fingerprint density at radius 2 is 1.88 bits per heavy atom. The first-order valence-corrected chi connectivity index (χ1v) is 14.9. The van der Waals surface area contributed by atoms with E-state index in [-0.39, 0.29) is 30.1 Å². The first kappa shape index (κ1) is 29.2. The molecular formula is C28H36N8O3S. The van der Waals surface area contributed by atoms with Crippen LogP contribution < -0.4 is 10.6 Å². The molecule has 0 unspecified atom stereocenters. The predicted molar refractivity (Wildman–Crippen MR) is 153 cm³/mol. The van der Waals surface area contributed by atoms with Crippen molar-refractivity contribution in [2.24, 2.45) is 5.92 Å². The predicted octanol–water partition coefficient (Wildman–Crippen LogP) is 2.72. The number of nitrogens with one attached hydrogen (secondary N) is 2. The van der Waals surface area contributed by atoms with Gasteiger partial charge in [0.05, 0.1) is 30.5 Å². The van der Waals surface area contributed by atoms with E-state index in [1.54, 1.807) is 27.4 Å². The van der Waals surface area contributed by atoms with Gasteiger partial charge in [0.1, 0.15) is 6.04 Å². The summed E-state index contributed by atoms with van der Waals surface area (Å²) < 4.78 is 1.79. The summed E-state index contributed by atoms with van der Waals surface area (Å²) in [5, 5.41) is 18.5. The Morgan fingerprint density at radius 3 is 2.58 bits per heavy atom. The minimum absolute atomic E-state index is 0.0130. The minimum atomic E-state index is -0.672. The summed E-state index contributed by atoms with van der Waals surface area (Å²) in [6, 6.07) is 10.2. The third-order valence-electron chi connectivity index (χ3n) is 6.77. The van der Waals surface area contributed by atoms with Gasteiger partial charge in [-0.3, -0.25) is 14.4 Å². The summed E-state index contributed by atoms with van der Waals surface area (Å²) in [5.41, 5.74) is 1.28. The molecule has 1 aliphatic rings. The lowest BCUT2D eigenvalue weighted by atomic mass is 10.0. The molecule has 0 aliphatic carbocycles. The molecule has 3 aromatic rings. The molecule has 3 heterocycles. The van der Waals surface area contributed by atoms with Gasteiger partial charge in [0, 0.05) is 25.1 Å². The van der Waals surface area contributed by atoms with Crippen LogP contribution in [0.25, 0.3) is 11.4 Å². The van der Waals surface area contributed by atoms with Crippen LogP contribution in [0.1, 0.15) is 55.3 Å². The van der Waals surface area contributed by atoms with Gasteiger partial charge >= 0.3 is 0 Å². The van der Waals surface area contributed by atoms with Crippen LogP contribution in [0.15, 0.2) is 48.8 Å². The molecule has 1 aromatic carbocycles. The van der Waals surface area contributed by atoms with E-state index in [1.807, 2.05) is 50.4 Å². The second kappa shape index (κ2) is 14.0. The highest BCUT2D eigenvalue weighted by molar-refractivity contribution is 7.98. The van der Waals surface area contributed by atoms with E-state index in [0.717, 1.165) is 11.3 Å². The summed E-state index contributed by atoms with van der Waals surface area (Å²) >= 11 is 1.62. The van der Waals surface area contributed by atoms with E-state index < -0.39 is 12.1 Å². The van der Waals surface area contributed by atoms with Crippen molar-refractivity contribution < 1.29 is 14.4 Å². The zero-order chi connectivity index (χ0) is 28.5. The quantitative estimate of drug-likeness (QED) is 0.467. The van der Waals surface area contributed by atoms with Gasteiger partial charge in [0.15, 0.2) is 11.6 Å². The fourth-order valence-corrected chi connectivity index (χ4v) is 5.04. The molecule has 4 rings (SSSR count). The molecule has 40 heavy (non-hydrogen) atoms. The number of hydrogen-bond acceptors (Lipinski definition) is 8. The van der Waals surface area contributed by atoms with Crippen molar-refractivity contribution in [1.82, 2.24) is 40.5 Å². The number of carbonyl (C=O) groups excluding carboxylic acids is 3. The highest BCUT2D eigenvalue weighted by Gasteiger charge is 2.30. The lowest BCUT2D eigenvalue weighted by Crippen LogP contribution is -2.49. The van der Waals surface area contributed by atoms with Crippen molar-refractivity contribution >= 4 is 29.5 Å². The number of amides is 3. The molecule has 0 spiro atoms. The third-order valence-corrected chi connectivity index (χ3v) is 7.41. The summed E-state index contributed by atoms with van der Waals surface area (Å²) in [4.78, 5) is 46.3. The second-order valence-corrected chi connectivity index (χ2v) is 11.0. The summed E-state index contributed by atoms with van der Waals surface area (Å²) in [6.45, 7) is 5.08. The molecule has 2 N–H and O–H groups in total. The van der Waals surface area contributed by atoms with Crippen LogP contribution in [-0.2, 0) is 16.1 Å². The van der Waals surface area contributed by atoms with Crippen molar-refractivity contribution in [2.75, 3.05) is 25.1 Å². The fraction of sp³-hybridized carbons (Fsp3) is 0.464. The molecule has 0 saturated carbocycles. The molecule has 0 saturated heterocycles. The number of aromatic nitrogens is 5. The van der Waals surface area contributed by atoms with Gasteiger partial charge in [-0.05, 0) is 36.8 Å². The average molecular weight is 565 g/mol. The maximum atomic E-state index is 13.5. The van der Waals surface area contributed by atoms with Crippen LogP contribution in [-0.4, -0.2) is 78.7 Å². The maximum absolute atomic E-state index is 13.5. The molecule has 3 amide bonds. The monoisotopic (exact) mass is 564 g/mol.